The molecule has 3 heteroatoms. The zero-order valence-corrected chi connectivity index (χ0v) is 10.4. The van der Waals surface area contributed by atoms with Crippen LogP contribution in [0.3, 0.4) is 0 Å². The van der Waals surface area contributed by atoms with Gasteiger partial charge in [0.2, 0.25) is 0 Å². The fourth-order valence-corrected chi connectivity index (χ4v) is 2.35. The van der Waals surface area contributed by atoms with Gasteiger partial charge in [-0.25, -0.2) is 4.98 Å². The van der Waals surface area contributed by atoms with Crippen molar-refractivity contribution in [2.75, 3.05) is 5.73 Å². The minimum absolute atomic E-state index is 0.555. The van der Waals surface area contributed by atoms with Gasteiger partial charge in [-0.2, -0.15) is 0 Å². The molecule has 2 N–H and O–H groups in total. The molecule has 0 bridgehead atoms. The molecule has 0 radical (unpaired) electrons. The molecule has 2 aromatic rings. The Labute approximate surface area is 100 Å². The highest BCUT2D eigenvalue weighted by Gasteiger charge is 2.11. The van der Waals surface area contributed by atoms with Gasteiger partial charge in [0, 0.05) is 10.9 Å². The van der Waals surface area contributed by atoms with Gasteiger partial charge in [0.05, 0.1) is 5.69 Å². The van der Waals surface area contributed by atoms with E-state index in [0.717, 1.165) is 12.1 Å². The molecule has 0 saturated carbocycles. The molecule has 0 saturated heterocycles. The third-order valence-corrected chi connectivity index (χ3v) is 3.58. The Balaban J connectivity index is 2.48. The molecule has 0 fully saturated rings. The third-order valence-electron chi connectivity index (χ3n) is 2.90. The Morgan fingerprint density at radius 1 is 1.38 bits per heavy atom. The standard InChI is InChI=1S/C13H16N2S/c1-3-9(2)10-6-4-5-7-11(10)12-8-16-13(14)15-12/h4-9H,3H2,1-2H3,(H2,14,15). The van der Waals surface area contributed by atoms with Gasteiger partial charge >= 0.3 is 0 Å². The number of hydrogen-bond acceptors (Lipinski definition) is 3. The summed E-state index contributed by atoms with van der Waals surface area (Å²) in [7, 11) is 0. The Hall–Kier alpha value is -1.35. The third kappa shape index (κ3) is 2.09. The number of rotatable bonds is 3. The van der Waals surface area contributed by atoms with Crippen molar-refractivity contribution in [3.05, 3.63) is 35.2 Å². The largest absolute Gasteiger partial charge is 0.375 e. The van der Waals surface area contributed by atoms with Gasteiger partial charge in [0.1, 0.15) is 0 Å². The molecular formula is C13H16N2S. The molecule has 1 atom stereocenters. The normalized spacial score (nSPS) is 12.6. The number of nitrogens with zero attached hydrogens (tertiary/aromatic N) is 1. The summed E-state index contributed by atoms with van der Waals surface area (Å²) in [6, 6.07) is 8.44. The fourth-order valence-electron chi connectivity index (χ4n) is 1.79. The monoisotopic (exact) mass is 232 g/mol. The van der Waals surface area contributed by atoms with Crippen molar-refractivity contribution in [1.82, 2.24) is 4.98 Å². The quantitative estimate of drug-likeness (QED) is 0.871. The van der Waals surface area contributed by atoms with E-state index in [1.165, 1.54) is 22.5 Å². The van der Waals surface area contributed by atoms with E-state index in [1.54, 1.807) is 0 Å². The molecule has 0 aliphatic carbocycles. The number of hydrogen-bond donors (Lipinski definition) is 1. The van der Waals surface area contributed by atoms with E-state index in [-0.39, 0.29) is 0 Å². The number of nitrogen functional groups attached to an aromatic ring is 1. The Kier molecular flexibility index (Phi) is 3.25. The molecule has 84 valence electrons. The second-order valence-electron chi connectivity index (χ2n) is 3.97. The second kappa shape index (κ2) is 4.66. The predicted molar refractivity (Wildman–Crippen MR) is 70.7 cm³/mol. The highest BCUT2D eigenvalue weighted by atomic mass is 32.1. The average Bonchev–Trinajstić information content (AvgIpc) is 2.75. The summed E-state index contributed by atoms with van der Waals surface area (Å²) in [6.45, 7) is 4.45. The van der Waals surface area contributed by atoms with Crippen LogP contribution in [0.15, 0.2) is 29.6 Å². The number of nitrogens with two attached hydrogens (primary N) is 1. The SMILES string of the molecule is CCC(C)c1ccccc1-c1csc(N)n1. The van der Waals surface area contributed by atoms with Crippen LogP contribution in [0.2, 0.25) is 0 Å². The van der Waals surface area contributed by atoms with E-state index in [0.29, 0.717) is 11.0 Å². The van der Waals surface area contributed by atoms with Crippen LogP contribution >= 0.6 is 11.3 Å². The summed E-state index contributed by atoms with van der Waals surface area (Å²) in [5.41, 5.74) is 9.25. The van der Waals surface area contributed by atoms with Crippen molar-refractivity contribution >= 4 is 16.5 Å². The molecule has 1 unspecified atom stereocenters. The summed E-state index contributed by atoms with van der Waals surface area (Å²) in [5, 5.41) is 2.66. The minimum atomic E-state index is 0.555. The van der Waals surface area contributed by atoms with Gasteiger partial charge in [0.15, 0.2) is 5.13 Å². The fraction of sp³-hybridized carbons (Fsp3) is 0.308. The lowest BCUT2D eigenvalue weighted by molar-refractivity contribution is 0.735. The molecular weight excluding hydrogens is 216 g/mol. The molecule has 2 rings (SSSR count). The van der Waals surface area contributed by atoms with E-state index in [9.17, 15) is 0 Å². The van der Waals surface area contributed by atoms with Crippen molar-refractivity contribution in [3.8, 4) is 11.3 Å². The lowest BCUT2D eigenvalue weighted by Gasteiger charge is -2.13. The summed E-state index contributed by atoms with van der Waals surface area (Å²) in [5.74, 6) is 0.555. The summed E-state index contributed by atoms with van der Waals surface area (Å²) in [6.07, 6.45) is 1.14. The molecule has 1 aromatic carbocycles. The Bertz CT molecular complexity index is 476. The van der Waals surface area contributed by atoms with Crippen molar-refractivity contribution in [2.45, 2.75) is 26.2 Å². The first-order valence-corrected chi connectivity index (χ1v) is 6.40. The zero-order chi connectivity index (χ0) is 11.5. The number of anilines is 1. The molecule has 0 aliphatic heterocycles. The zero-order valence-electron chi connectivity index (χ0n) is 9.60. The van der Waals surface area contributed by atoms with Crippen molar-refractivity contribution in [3.63, 3.8) is 0 Å². The highest BCUT2D eigenvalue weighted by Crippen LogP contribution is 2.31. The van der Waals surface area contributed by atoms with Crippen LogP contribution in [-0.2, 0) is 0 Å². The van der Waals surface area contributed by atoms with Crippen LogP contribution in [-0.4, -0.2) is 4.98 Å². The molecule has 0 spiro atoms. The maximum atomic E-state index is 5.68. The number of benzene rings is 1. The topological polar surface area (TPSA) is 38.9 Å². The average molecular weight is 232 g/mol. The van der Waals surface area contributed by atoms with E-state index in [1.807, 2.05) is 5.38 Å². The van der Waals surface area contributed by atoms with Crippen LogP contribution < -0.4 is 5.73 Å². The lowest BCUT2D eigenvalue weighted by Crippen LogP contribution is -1.95. The van der Waals surface area contributed by atoms with Crippen molar-refractivity contribution in [2.24, 2.45) is 0 Å². The van der Waals surface area contributed by atoms with Gasteiger partial charge in [-0.1, -0.05) is 38.1 Å². The van der Waals surface area contributed by atoms with Gasteiger partial charge in [-0.3, -0.25) is 0 Å². The molecule has 0 aliphatic rings. The number of aromatic nitrogens is 1. The van der Waals surface area contributed by atoms with Gasteiger partial charge in [-0.15, -0.1) is 11.3 Å². The summed E-state index contributed by atoms with van der Waals surface area (Å²) < 4.78 is 0. The van der Waals surface area contributed by atoms with Gasteiger partial charge in [0.25, 0.3) is 0 Å². The van der Waals surface area contributed by atoms with E-state index >= 15 is 0 Å². The summed E-state index contributed by atoms with van der Waals surface area (Å²) in [4.78, 5) is 4.35. The second-order valence-corrected chi connectivity index (χ2v) is 4.86. The maximum absolute atomic E-state index is 5.68. The van der Waals surface area contributed by atoms with Crippen molar-refractivity contribution < 1.29 is 0 Å². The maximum Gasteiger partial charge on any atom is 0.180 e. The minimum Gasteiger partial charge on any atom is -0.375 e. The van der Waals surface area contributed by atoms with E-state index < -0.39 is 0 Å². The Morgan fingerprint density at radius 3 is 2.75 bits per heavy atom. The summed E-state index contributed by atoms with van der Waals surface area (Å²) >= 11 is 1.49. The van der Waals surface area contributed by atoms with Gasteiger partial charge in [-0.05, 0) is 17.9 Å². The first-order chi connectivity index (χ1) is 7.72. The molecule has 2 nitrogen and oxygen atoms in total. The van der Waals surface area contributed by atoms with Gasteiger partial charge < -0.3 is 5.73 Å². The first-order valence-electron chi connectivity index (χ1n) is 5.52. The smallest absolute Gasteiger partial charge is 0.180 e. The molecule has 16 heavy (non-hydrogen) atoms. The molecule has 1 aromatic heterocycles. The van der Waals surface area contributed by atoms with Crippen LogP contribution in [0.4, 0.5) is 5.13 Å². The van der Waals surface area contributed by atoms with E-state index in [4.69, 9.17) is 5.73 Å². The van der Waals surface area contributed by atoms with Crippen LogP contribution in [0.5, 0.6) is 0 Å². The van der Waals surface area contributed by atoms with Crippen LogP contribution in [0.25, 0.3) is 11.3 Å². The van der Waals surface area contributed by atoms with Crippen molar-refractivity contribution in [1.29, 1.82) is 0 Å². The lowest BCUT2D eigenvalue weighted by atomic mass is 9.93. The van der Waals surface area contributed by atoms with Crippen LogP contribution in [0, 0.1) is 0 Å². The number of thiazole rings is 1. The molecule has 0 amide bonds. The van der Waals surface area contributed by atoms with Crippen LogP contribution in [0.1, 0.15) is 31.7 Å². The predicted octanol–water partition coefficient (Wildman–Crippen LogP) is 3.91. The molecule has 1 heterocycles. The van der Waals surface area contributed by atoms with E-state index in [2.05, 4.69) is 43.1 Å². The first kappa shape index (κ1) is 11.1. The Morgan fingerprint density at radius 2 is 2.12 bits per heavy atom. The highest BCUT2D eigenvalue weighted by molar-refractivity contribution is 7.13.